The number of fused-ring (bicyclic) bond motifs is 1. The van der Waals surface area contributed by atoms with E-state index in [-0.39, 0.29) is 5.91 Å². The Morgan fingerprint density at radius 3 is 2.77 bits per heavy atom. The van der Waals surface area contributed by atoms with Crippen LogP contribution in [0.1, 0.15) is 38.3 Å². The molecule has 0 bridgehead atoms. The molecule has 122 valence electrons. The fraction of sp³-hybridized carbons (Fsp3) is 0.588. The van der Waals surface area contributed by atoms with Gasteiger partial charge in [0.1, 0.15) is 11.9 Å². The van der Waals surface area contributed by atoms with Gasteiger partial charge in [-0.05, 0) is 42.0 Å². The van der Waals surface area contributed by atoms with Gasteiger partial charge in [-0.15, -0.1) is 0 Å². The van der Waals surface area contributed by atoms with Crippen LogP contribution in [-0.2, 0) is 17.8 Å². The minimum Gasteiger partial charge on any atom is -0.473 e. The second-order valence-corrected chi connectivity index (χ2v) is 6.40. The van der Waals surface area contributed by atoms with Crippen molar-refractivity contribution >= 4 is 5.91 Å². The highest BCUT2D eigenvalue weighted by Gasteiger charge is 2.21. The van der Waals surface area contributed by atoms with Crippen LogP contribution in [0.3, 0.4) is 0 Å². The molecule has 5 nitrogen and oxygen atoms in total. The van der Waals surface area contributed by atoms with Gasteiger partial charge in [0.2, 0.25) is 5.91 Å². The highest BCUT2D eigenvalue weighted by atomic mass is 16.5. The van der Waals surface area contributed by atoms with Crippen LogP contribution in [0.4, 0.5) is 0 Å². The Morgan fingerprint density at radius 1 is 1.41 bits per heavy atom. The van der Waals surface area contributed by atoms with Crippen molar-refractivity contribution < 1.29 is 14.6 Å². The molecule has 0 radical (unpaired) electrons. The standard InChI is InChI=1S/C17H26N2O3/c1-11(2)8-16(21)17(18)22-15-5-4-14-10-19(12(3)20)7-6-13(14)9-15/h4-5,9,11,16-17,21H,6-8,10,18H2,1-3H3. The van der Waals surface area contributed by atoms with Gasteiger partial charge in [0.15, 0.2) is 6.23 Å². The summed E-state index contributed by atoms with van der Waals surface area (Å²) >= 11 is 0. The second-order valence-electron chi connectivity index (χ2n) is 6.40. The number of hydrogen-bond donors (Lipinski definition) is 2. The van der Waals surface area contributed by atoms with Crippen molar-refractivity contribution in [2.75, 3.05) is 6.54 Å². The highest BCUT2D eigenvalue weighted by Crippen LogP contribution is 2.24. The summed E-state index contributed by atoms with van der Waals surface area (Å²) in [6.07, 6.45) is 0.0252. The maximum Gasteiger partial charge on any atom is 0.219 e. The SMILES string of the molecule is CC(=O)N1CCc2cc(OC(N)C(O)CC(C)C)ccc2C1. The van der Waals surface area contributed by atoms with Gasteiger partial charge >= 0.3 is 0 Å². The lowest BCUT2D eigenvalue weighted by atomic mass is 9.99. The third kappa shape index (κ3) is 4.21. The van der Waals surface area contributed by atoms with E-state index in [0.717, 1.165) is 18.5 Å². The Bertz CT molecular complexity index is 531. The summed E-state index contributed by atoms with van der Waals surface area (Å²) in [7, 11) is 0. The average molecular weight is 306 g/mol. The third-order valence-electron chi connectivity index (χ3n) is 4.00. The van der Waals surface area contributed by atoms with E-state index in [1.165, 1.54) is 5.56 Å². The first-order valence-electron chi connectivity index (χ1n) is 7.84. The van der Waals surface area contributed by atoms with Crippen molar-refractivity contribution in [3.05, 3.63) is 29.3 Å². The molecule has 0 saturated heterocycles. The summed E-state index contributed by atoms with van der Waals surface area (Å²) in [5, 5.41) is 9.99. The van der Waals surface area contributed by atoms with Crippen LogP contribution >= 0.6 is 0 Å². The lowest BCUT2D eigenvalue weighted by Crippen LogP contribution is -2.40. The minimum absolute atomic E-state index is 0.102. The van der Waals surface area contributed by atoms with E-state index >= 15 is 0 Å². The smallest absolute Gasteiger partial charge is 0.219 e. The number of carbonyl (C=O) groups is 1. The molecule has 1 heterocycles. The normalized spacial score (nSPS) is 17.1. The van der Waals surface area contributed by atoms with Crippen LogP contribution in [0.2, 0.25) is 0 Å². The second kappa shape index (κ2) is 7.11. The number of ether oxygens (including phenoxy) is 1. The fourth-order valence-electron chi connectivity index (χ4n) is 2.72. The molecule has 0 aromatic heterocycles. The molecule has 0 saturated carbocycles. The van der Waals surface area contributed by atoms with Crippen LogP contribution < -0.4 is 10.5 Å². The van der Waals surface area contributed by atoms with Crippen LogP contribution in [-0.4, -0.2) is 34.8 Å². The molecule has 0 fully saturated rings. The lowest BCUT2D eigenvalue weighted by Gasteiger charge is -2.28. The number of aliphatic hydroxyl groups is 1. The Hall–Kier alpha value is -1.59. The lowest BCUT2D eigenvalue weighted by molar-refractivity contribution is -0.129. The van der Waals surface area contributed by atoms with Gasteiger partial charge in [-0.1, -0.05) is 19.9 Å². The van der Waals surface area contributed by atoms with E-state index in [1.54, 1.807) is 6.92 Å². The minimum atomic E-state index is -0.724. The first-order chi connectivity index (χ1) is 10.4. The molecule has 0 aliphatic carbocycles. The number of amides is 1. The molecule has 5 heteroatoms. The van der Waals surface area contributed by atoms with Gasteiger partial charge in [-0.3, -0.25) is 10.5 Å². The maximum absolute atomic E-state index is 11.4. The third-order valence-corrected chi connectivity index (χ3v) is 4.00. The molecule has 1 aliphatic heterocycles. The number of benzene rings is 1. The molecule has 22 heavy (non-hydrogen) atoms. The van der Waals surface area contributed by atoms with Crippen molar-refractivity contribution in [1.29, 1.82) is 0 Å². The van der Waals surface area contributed by atoms with Crippen LogP contribution in [0.5, 0.6) is 5.75 Å². The molecule has 2 unspecified atom stereocenters. The van der Waals surface area contributed by atoms with E-state index in [1.807, 2.05) is 36.9 Å². The van der Waals surface area contributed by atoms with Crippen molar-refractivity contribution in [3.63, 3.8) is 0 Å². The molecule has 0 spiro atoms. The number of nitrogens with zero attached hydrogens (tertiary/aromatic N) is 1. The van der Waals surface area contributed by atoms with Crippen molar-refractivity contribution in [1.82, 2.24) is 4.90 Å². The monoisotopic (exact) mass is 306 g/mol. The molecular weight excluding hydrogens is 280 g/mol. The Labute approximate surface area is 132 Å². The summed E-state index contributed by atoms with van der Waals surface area (Å²) < 4.78 is 5.66. The molecule has 1 aromatic rings. The molecule has 2 rings (SSSR count). The van der Waals surface area contributed by atoms with Gasteiger partial charge < -0.3 is 14.7 Å². The Balaban J connectivity index is 2.01. The number of hydrogen-bond acceptors (Lipinski definition) is 4. The molecule has 1 aromatic carbocycles. The van der Waals surface area contributed by atoms with E-state index in [0.29, 0.717) is 24.6 Å². The van der Waals surface area contributed by atoms with Crippen molar-refractivity contribution in [3.8, 4) is 5.75 Å². The Kier molecular flexibility index (Phi) is 5.42. The van der Waals surface area contributed by atoms with Crippen molar-refractivity contribution in [2.24, 2.45) is 11.7 Å². The zero-order valence-corrected chi connectivity index (χ0v) is 13.6. The summed E-state index contributed by atoms with van der Waals surface area (Å²) in [5.41, 5.74) is 8.23. The first kappa shape index (κ1) is 16.8. The summed E-state index contributed by atoms with van der Waals surface area (Å²) in [6.45, 7) is 7.05. The van der Waals surface area contributed by atoms with Gasteiger partial charge in [0, 0.05) is 20.0 Å². The summed E-state index contributed by atoms with van der Waals surface area (Å²) in [4.78, 5) is 13.3. The predicted octanol–water partition coefficient (Wildman–Crippen LogP) is 1.66. The van der Waals surface area contributed by atoms with E-state index < -0.39 is 12.3 Å². The first-order valence-corrected chi connectivity index (χ1v) is 7.84. The fourth-order valence-corrected chi connectivity index (χ4v) is 2.72. The molecule has 1 amide bonds. The maximum atomic E-state index is 11.4. The summed E-state index contributed by atoms with van der Waals surface area (Å²) in [6, 6.07) is 5.79. The van der Waals surface area contributed by atoms with Gasteiger partial charge in [-0.25, -0.2) is 0 Å². The predicted molar refractivity (Wildman–Crippen MR) is 85.3 cm³/mol. The Morgan fingerprint density at radius 2 is 2.14 bits per heavy atom. The van der Waals surface area contributed by atoms with Gasteiger partial charge in [0.25, 0.3) is 0 Å². The van der Waals surface area contributed by atoms with Crippen LogP contribution in [0, 0.1) is 5.92 Å². The number of rotatable bonds is 5. The average Bonchev–Trinajstić information content (AvgIpc) is 2.45. The van der Waals surface area contributed by atoms with Crippen LogP contribution in [0.15, 0.2) is 18.2 Å². The summed E-state index contributed by atoms with van der Waals surface area (Å²) in [5.74, 6) is 1.14. The molecular formula is C17H26N2O3. The molecule has 2 atom stereocenters. The van der Waals surface area contributed by atoms with Gasteiger partial charge in [-0.2, -0.15) is 0 Å². The zero-order valence-electron chi connectivity index (χ0n) is 13.6. The molecule has 1 aliphatic rings. The topological polar surface area (TPSA) is 75.8 Å². The van der Waals surface area contributed by atoms with Gasteiger partial charge in [0.05, 0.1) is 0 Å². The van der Waals surface area contributed by atoms with E-state index in [9.17, 15) is 9.90 Å². The highest BCUT2D eigenvalue weighted by molar-refractivity contribution is 5.73. The van der Waals surface area contributed by atoms with Crippen molar-refractivity contribution in [2.45, 2.75) is 52.5 Å². The van der Waals surface area contributed by atoms with E-state index in [2.05, 4.69) is 0 Å². The largest absolute Gasteiger partial charge is 0.473 e. The zero-order chi connectivity index (χ0) is 16.3. The number of carbonyl (C=O) groups excluding carboxylic acids is 1. The number of nitrogens with two attached hydrogens (primary N) is 1. The van der Waals surface area contributed by atoms with E-state index in [4.69, 9.17) is 10.5 Å². The number of aliphatic hydroxyl groups excluding tert-OH is 1. The quantitative estimate of drug-likeness (QED) is 0.811. The van der Waals surface area contributed by atoms with Crippen LogP contribution in [0.25, 0.3) is 0 Å². The molecule has 3 N–H and O–H groups in total.